The SMILES string of the molecule is CC1(C)c2ccccc2-c2ccc(C(=N)N=C(N)c3ccccc3)cc21. The van der Waals surface area contributed by atoms with Gasteiger partial charge in [-0.05, 0) is 28.3 Å². The average molecular weight is 339 g/mol. The number of rotatable bonds is 2. The van der Waals surface area contributed by atoms with Crippen LogP contribution in [-0.4, -0.2) is 11.7 Å². The van der Waals surface area contributed by atoms with Crippen molar-refractivity contribution in [2.75, 3.05) is 0 Å². The lowest BCUT2D eigenvalue weighted by molar-refractivity contribution is 0.660. The number of nitrogens with one attached hydrogen (secondary N) is 1. The molecule has 3 N–H and O–H groups in total. The molecule has 4 rings (SSSR count). The molecule has 0 saturated heterocycles. The van der Waals surface area contributed by atoms with Crippen molar-refractivity contribution >= 4 is 11.7 Å². The Bertz CT molecular complexity index is 1030. The second kappa shape index (κ2) is 5.95. The monoisotopic (exact) mass is 339 g/mol. The smallest absolute Gasteiger partial charge is 0.154 e. The van der Waals surface area contributed by atoms with Crippen molar-refractivity contribution in [2.24, 2.45) is 10.7 Å². The van der Waals surface area contributed by atoms with Crippen LogP contribution < -0.4 is 5.73 Å². The number of nitrogens with zero attached hydrogens (tertiary/aromatic N) is 1. The number of benzene rings is 3. The lowest BCUT2D eigenvalue weighted by atomic mass is 9.82. The average Bonchev–Trinajstić information content (AvgIpc) is 2.90. The van der Waals surface area contributed by atoms with E-state index in [2.05, 4.69) is 55.2 Å². The molecule has 0 heterocycles. The highest BCUT2D eigenvalue weighted by Gasteiger charge is 2.35. The predicted molar refractivity (Wildman–Crippen MR) is 108 cm³/mol. The van der Waals surface area contributed by atoms with Crippen LogP contribution in [0.2, 0.25) is 0 Å². The maximum absolute atomic E-state index is 8.40. The summed E-state index contributed by atoms with van der Waals surface area (Å²) >= 11 is 0. The van der Waals surface area contributed by atoms with Crippen molar-refractivity contribution in [1.29, 1.82) is 5.41 Å². The Morgan fingerprint density at radius 2 is 1.46 bits per heavy atom. The van der Waals surface area contributed by atoms with Gasteiger partial charge < -0.3 is 5.73 Å². The molecule has 3 heteroatoms. The van der Waals surface area contributed by atoms with Crippen LogP contribution in [0.15, 0.2) is 77.8 Å². The van der Waals surface area contributed by atoms with Gasteiger partial charge in [-0.3, -0.25) is 5.41 Å². The molecule has 1 aliphatic rings. The van der Waals surface area contributed by atoms with E-state index in [1.807, 2.05) is 36.4 Å². The first-order chi connectivity index (χ1) is 12.5. The predicted octanol–water partition coefficient (Wildman–Crippen LogP) is 4.72. The third kappa shape index (κ3) is 2.53. The van der Waals surface area contributed by atoms with Gasteiger partial charge in [-0.2, -0.15) is 0 Å². The normalized spacial score (nSPS) is 14.6. The first-order valence-electron chi connectivity index (χ1n) is 8.71. The summed E-state index contributed by atoms with van der Waals surface area (Å²) < 4.78 is 0. The molecule has 3 aromatic carbocycles. The Morgan fingerprint density at radius 1 is 0.808 bits per heavy atom. The van der Waals surface area contributed by atoms with Crippen LogP contribution in [0.1, 0.15) is 36.1 Å². The summed E-state index contributed by atoms with van der Waals surface area (Å²) in [5, 5.41) is 8.40. The molecule has 0 aliphatic heterocycles. The van der Waals surface area contributed by atoms with E-state index in [4.69, 9.17) is 11.1 Å². The number of fused-ring (bicyclic) bond motifs is 3. The first-order valence-corrected chi connectivity index (χ1v) is 8.71. The van der Waals surface area contributed by atoms with E-state index in [-0.39, 0.29) is 11.3 Å². The summed E-state index contributed by atoms with van der Waals surface area (Å²) in [4.78, 5) is 4.32. The second-order valence-electron chi connectivity index (χ2n) is 7.14. The summed E-state index contributed by atoms with van der Waals surface area (Å²) in [6, 6.07) is 24.2. The van der Waals surface area contributed by atoms with Crippen molar-refractivity contribution in [3.8, 4) is 11.1 Å². The Hall–Kier alpha value is -3.20. The fraction of sp³-hybridized carbons (Fsp3) is 0.130. The van der Waals surface area contributed by atoms with E-state index in [9.17, 15) is 0 Å². The van der Waals surface area contributed by atoms with Crippen LogP contribution in [-0.2, 0) is 5.41 Å². The largest absolute Gasteiger partial charge is 0.383 e. The Kier molecular flexibility index (Phi) is 3.73. The molecule has 0 saturated carbocycles. The zero-order valence-electron chi connectivity index (χ0n) is 15.0. The van der Waals surface area contributed by atoms with Gasteiger partial charge in [0.15, 0.2) is 5.84 Å². The maximum Gasteiger partial charge on any atom is 0.154 e. The quantitative estimate of drug-likeness (QED) is 0.515. The maximum atomic E-state index is 8.40. The van der Waals surface area contributed by atoms with Crippen LogP contribution in [0.3, 0.4) is 0 Å². The van der Waals surface area contributed by atoms with Gasteiger partial charge in [0.1, 0.15) is 5.84 Å². The first kappa shape index (κ1) is 16.3. The van der Waals surface area contributed by atoms with Gasteiger partial charge in [-0.25, -0.2) is 4.99 Å². The van der Waals surface area contributed by atoms with Crippen LogP contribution in [0, 0.1) is 5.41 Å². The van der Waals surface area contributed by atoms with Crippen molar-refractivity contribution < 1.29 is 0 Å². The number of hydrogen-bond donors (Lipinski definition) is 2. The minimum Gasteiger partial charge on any atom is -0.383 e. The van der Waals surface area contributed by atoms with E-state index >= 15 is 0 Å². The van der Waals surface area contributed by atoms with Crippen molar-refractivity contribution in [3.05, 3.63) is 95.1 Å². The zero-order chi connectivity index (χ0) is 18.3. The van der Waals surface area contributed by atoms with Crippen molar-refractivity contribution in [1.82, 2.24) is 0 Å². The standard InChI is InChI=1S/C23H21N3/c1-23(2)19-11-7-6-10-17(19)18-13-12-16(14-20(18)23)22(25)26-21(24)15-8-4-3-5-9-15/h3-14H,1-2H3,(H3,24,25,26). The number of hydrogen-bond acceptors (Lipinski definition) is 1. The zero-order valence-corrected chi connectivity index (χ0v) is 15.0. The fourth-order valence-corrected chi connectivity index (χ4v) is 3.71. The highest BCUT2D eigenvalue weighted by atomic mass is 14.9. The van der Waals surface area contributed by atoms with E-state index in [1.165, 1.54) is 22.3 Å². The molecule has 0 amide bonds. The van der Waals surface area contributed by atoms with Crippen molar-refractivity contribution in [2.45, 2.75) is 19.3 Å². The van der Waals surface area contributed by atoms with Gasteiger partial charge in [-0.15, -0.1) is 0 Å². The summed E-state index contributed by atoms with van der Waals surface area (Å²) in [7, 11) is 0. The minimum absolute atomic E-state index is 0.0864. The number of aliphatic imine (C=N–C) groups is 1. The molecular formula is C23H21N3. The minimum atomic E-state index is -0.0864. The van der Waals surface area contributed by atoms with Gasteiger partial charge >= 0.3 is 0 Å². The molecule has 0 radical (unpaired) electrons. The molecule has 0 bridgehead atoms. The van der Waals surface area contributed by atoms with Gasteiger partial charge in [0.2, 0.25) is 0 Å². The molecule has 0 atom stereocenters. The van der Waals surface area contributed by atoms with E-state index in [1.54, 1.807) is 0 Å². The van der Waals surface area contributed by atoms with Crippen LogP contribution in [0.4, 0.5) is 0 Å². The van der Waals surface area contributed by atoms with Crippen LogP contribution in [0.5, 0.6) is 0 Å². The summed E-state index contributed by atoms with van der Waals surface area (Å²) in [6.45, 7) is 4.46. The molecule has 1 aliphatic carbocycles. The molecular weight excluding hydrogens is 318 g/mol. The van der Waals surface area contributed by atoms with Crippen LogP contribution >= 0.6 is 0 Å². The molecule has 26 heavy (non-hydrogen) atoms. The van der Waals surface area contributed by atoms with E-state index in [0.29, 0.717) is 5.84 Å². The molecule has 3 nitrogen and oxygen atoms in total. The molecule has 0 aromatic heterocycles. The van der Waals surface area contributed by atoms with Gasteiger partial charge in [0.05, 0.1) is 0 Å². The summed E-state index contributed by atoms with van der Waals surface area (Å²) in [5.41, 5.74) is 12.7. The van der Waals surface area contributed by atoms with Gasteiger partial charge in [0, 0.05) is 16.5 Å². The topological polar surface area (TPSA) is 62.2 Å². The third-order valence-corrected chi connectivity index (χ3v) is 5.16. The molecule has 0 unspecified atom stereocenters. The van der Waals surface area contributed by atoms with Gasteiger partial charge in [0.25, 0.3) is 0 Å². The summed E-state index contributed by atoms with van der Waals surface area (Å²) in [5.74, 6) is 0.541. The van der Waals surface area contributed by atoms with Gasteiger partial charge in [-0.1, -0.05) is 80.6 Å². The second-order valence-corrected chi connectivity index (χ2v) is 7.14. The van der Waals surface area contributed by atoms with E-state index in [0.717, 1.165) is 11.1 Å². The molecule has 128 valence electrons. The molecule has 3 aromatic rings. The number of nitrogens with two attached hydrogens (primary N) is 1. The Morgan fingerprint density at radius 3 is 2.23 bits per heavy atom. The highest BCUT2D eigenvalue weighted by molar-refractivity contribution is 6.10. The van der Waals surface area contributed by atoms with Crippen molar-refractivity contribution in [3.63, 3.8) is 0 Å². The number of amidine groups is 2. The lowest BCUT2D eigenvalue weighted by Crippen LogP contribution is -2.17. The Labute approximate surface area is 153 Å². The molecule has 0 fully saturated rings. The lowest BCUT2D eigenvalue weighted by Gasteiger charge is -2.21. The summed E-state index contributed by atoms with van der Waals surface area (Å²) in [6.07, 6.45) is 0. The fourth-order valence-electron chi connectivity index (χ4n) is 3.71. The Balaban J connectivity index is 1.73. The van der Waals surface area contributed by atoms with Crippen LogP contribution in [0.25, 0.3) is 11.1 Å². The third-order valence-electron chi connectivity index (χ3n) is 5.16. The molecule has 0 spiro atoms. The van der Waals surface area contributed by atoms with E-state index < -0.39 is 0 Å². The highest BCUT2D eigenvalue weighted by Crippen LogP contribution is 2.48.